The molecular weight excluding hydrogens is 382 g/mol. The predicted molar refractivity (Wildman–Crippen MR) is 112 cm³/mol. The van der Waals surface area contributed by atoms with E-state index >= 15 is 0 Å². The van der Waals surface area contributed by atoms with Crippen molar-refractivity contribution in [2.75, 3.05) is 39.2 Å². The van der Waals surface area contributed by atoms with E-state index in [2.05, 4.69) is 16.0 Å². The standard InChI is InChI=1S/C20H25N3O4.ClH/c1-21-11-10-19(24)22-12-13-27-18-5-3-4-16(14-18)23-20(25)15-6-8-17(26-2)9-7-15;/h3-9,14,21H,10-13H2,1-2H3,(H,22,24)(H,23,25);1H. The Hall–Kier alpha value is -2.77. The number of hydrogen-bond acceptors (Lipinski definition) is 5. The van der Waals surface area contributed by atoms with E-state index in [0.29, 0.717) is 48.9 Å². The maximum Gasteiger partial charge on any atom is 0.255 e. The van der Waals surface area contributed by atoms with Crippen LogP contribution in [0.4, 0.5) is 5.69 Å². The molecule has 7 nitrogen and oxygen atoms in total. The van der Waals surface area contributed by atoms with E-state index in [1.54, 1.807) is 62.7 Å². The van der Waals surface area contributed by atoms with Gasteiger partial charge in [0.05, 0.1) is 13.7 Å². The summed E-state index contributed by atoms with van der Waals surface area (Å²) < 4.78 is 10.7. The summed E-state index contributed by atoms with van der Waals surface area (Å²) in [7, 11) is 3.38. The summed E-state index contributed by atoms with van der Waals surface area (Å²) in [6.45, 7) is 1.41. The first kappa shape index (κ1) is 23.3. The van der Waals surface area contributed by atoms with Gasteiger partial charge < -0.3 is 25.4 Å². The lowest BCUT2D eigenvalue weighted by Gasteiger charge is -2.10. The van der Waals surface area contributed by atoms with Gasteiger partial charge in [0.15, 0.2) is 0 Å². The van der Waals surface area contributed by atoms with Crippen molar-refractivity contribution in [3.8, 4) is 11.5 Å². The summed E-state index contributed by atoms with van der Waals surface area (Å²) in [5, 5.41) is 8.53. The topological polar surface area (TPSA) is 88.7 Å². The van der Waals surface area contributed by atoms with Crippen LogP contribution in [0.3, 0.4) is 0 Å². The summed E-state index contributed by atoms with van der Waals surface area (Å²) in [5.41, 5.74) is 1.16. The number of halogens is 1. The van der Waals surface area contributed by atoms with Crippen molar-refractivity contribution >= 4 is 29.9 Å². The van der Waals surface area contributed by atoms with Crippen molar-refractivity contribution in [2.24, 2.45) is 0 Å². The Bertz CT molecular complexity index is 753. The fourth-order valence-corrected chi connectivity index (χ4v) is 2.30. The van der Waals surface area contributed by atoms with Gasteiger partial charge in [-0.25, -0.2) is 0 Å². The SMILES string of the molecule is CNCCC(=O)NCCOc1cccc(NC(=O)c2ccc(OC)cc2)c1.Cl. The lowest BCUT2D eigenvalue weighted by atomic mass is 10.2. The molecule has 0 heterocycles. The van der Waals surface area contributed by atoms with Crippen molar-refractivity contribution in [2.45, 2.75) is 6.42 Å². The molecule has 0 aliphatic rings. The molecule has 0 aliphatic carbocycles. The average Bonchev–Trinajstić information content (AvgIpc) is 2.70. The van der Waals surface area contributed by atoms with Crippen molar-refractivity contribution in [3.63, 3.8) is 0 Å². The number of benzene rings is 2. The summed E-state index contributed by atoms with van der Waals surface area (Å²) in [6, 6.07) is 14.0. The maximum atomic E-state index is 12.3. The zero-order valence-corrected chi connectivity index (χ0v) is 16.8. The van der Waals surface area contributed by atoms with Crippen LogP contribution >= 0.6 is 12.4 Å². The molecule has 0 aliphatic heterocycles. The van der Waals surface area contributed by atoms with Gasteiger partial charge in [0.25, 0.3) is 5.91 Å². The number of methoxy groups -OCH3 is 1. The first-order valence-electron chi connectivity index (χ1n) is 8.72. The largest absolute Gasteiger partial charge is 0.497 e. The molecule has 2 rings (SSSR count). The molecule has 8 heteroatoms. The minimum Gasteiger partial charge on any atom is -0.497 e. The number of carbonyl (C=O) groups excluding carboxylic acids is 2. The lowest BCUT2D eigenvalue weighted by Crippen LogP contribution is -2.30. The zero-order chi connectivity index (χ0) is 19.5. The van der Waals surface area contributed by atoms with E-state index in [9.17, 15) is 9.59 Å². The van der Waals surface area contributed by atoms with Gasteiger partial charge in [-0.15, -0.1) is 12.4 Å². The molecule has 3 N–H and O–H groups in total. The molecular formula is C20H26ClN3O4. The van der Waals surface area contributed by atoms with Crippen molar-refractivity contribution in [3.05, 3.63) is 54.1 Å². The molecule has 0 bridgehead atoms. The van der Waals surface area contributed by atoms with Crippen LogP contribution in [0.1, 0.15) is 16.8 Å². The summed E-state index contributed by atoms with van der Waals surface area (Å²) in [5.74, 6) is 1.08. The average molecular weight is 408 g/mol. The molecule has 0 aromatic heterocycles. The molecule has 2 aromatic rings. The Labute approximate surface area is 171 Å². The van der Waals surface area contributed by atoms with Gasteiger partial charge in [0.1, 0.15) is 18.1 Å². The minimum absolute atomic E-state index is 0. The van der Waals surface area contributed by atoms with E-state index in [4.69, 9.17) is 9.47 Å². The highest BCUT2D eigenvalue weighted by Crippen LogP contribution is 2.19. The van der Waals surface area contributed by atoms with Gasteiger partial charge in [0.2, 0.25) is 5.91 Å². The summed E-state index contributed by atoms with van der Waals surface area (Å²) in [4.78, 5) is 23.8. The third-order valence-corrected chi connectivity index (χ3v) is 3.74. The van der Waals surface area contributed by atoms with E-state index in [1.165, 1.54) is 0 Å². The first-order valence-corrected chi connectivity index (χ1v) is 8.72. The van der Waals surface area contributed by atoms with Crippen LogP contribution in [-0.2, 0) is 4.79 Å². The van der Waals surface area contributed by atoms with E-state index < -0.39 is 0 Å². The van der Waals surface area contributed by atoms with Crippen LogP contribution in [0.15, 0.2) is 48.5 Å². The smallest absolute Gasteiger partial charge is 0.255 e. The molecule has 0 atom stereocenters. The molecule has 0 fully saturated rings. The Kier molecular flexibility index (Phi) is 10.5. The number of hydrogen-bond donors (Lipinski definition) is 3. The second-order valence-electron chi connectivity index (χ2n) is 5.76. The molecule has 152 valence electrons. The third kappa shape index (κ3) is 7.85. The van der Waals surface area contributed by atoms with Crippen molar-refractivity contribution in [1.29, 1.82) is 0 Å². The van der Waals surface area contributed by atoms with Crippen LogP contribution < -0.4 is 25.4 Å². The minimum atomic E-state index is -0.216. The Morgan fingerprint density at radius 3 is 2.43 bits per heavy atom. The van der Waals surface area contributed by atoms with Crippen molar-refractivity contribution < 1.29 is 19.1 Å². The number of anilines is 1. The van der Waals surface area contributed by atoms with Crippen LogP contribution in [0.25, 0.3) is 0 Å². The Morgan fingerprint density at radius 1 is 1.00 bits per heavy atom. The predicted octanol–water partition coefficient (Wildman–Crippen LogP) is 2.47. The lowest BCUT2D eigenvalue weighted by molar-refractivity contribution is -0.121. The number of carbonyl (C=O) groups is 2. The number of amides is 2. The number of ether oxygens (including phenoxy) is 2. The van der Waals surface area contributed by atoms with Gasteiger partial charge in [-0.05, 0) is 43.4 Å². The van der Waals surface area contributed by atoms with Crippen LogP contribution in [0.5, 0.6) is 11.5 Å². The van der Waals surface area contributed by atoms with Crippen molar-refractivity contribution in [1.82, 2.24) is 10.6 Å². The van der Waals surface area contributed by atoms with E-state index in [0.717, 1.165) is 0 Å². The number of nitrogens with one attached hydrogen (secondary N) is 3. The summed E-state index contributed by atoms with van der Waals surface area (Å²) >= 11 is 0. The fourth-order valence-electron chi connectivity index (χ4n) is 2.30. The Balaban J connectivity index is 0.00000392. The first-order chi connectivity index (χ1) is 13.1. The highest BCUT2D eigenvalue weighted by molar-refractivity contribution is 6.04. The van der Waals surface area contributed by atoms with Gasteiger partial charge in [-0.3, -0.25) is 9.59 Å². The molecule has 28 heavy (non-hydrogen) atoms. The highest BCUT2D eigenvalue weighted by Gasteiger charge is 2.07. The van der Waals surface area contributed by atoms with E-state index in [1.807, 2.05) is 0 Å². The van der Waals surface area contributed by atoms with Crippen LogP contribution in [-0.4, -0.2) is 45.7 Å². The fraction of sp³-hybridized carbons (Fsp3) is 0.300. The summed E-state index contributed by atoms with van der Waals surface area (Å²) in [6.07, 6.45) is 0.434. The normalized spacial score (nSPS) is 9.79. The van der Waals surface area contributed by atoms with Gasteiger partial charge in [-0.2, -0.15) is 0 Å². The molecule has 0 radical (unpaired) electrons. The van der Waals surface area contributed by atoms with E-state index in [-0.39, 0.29) is 24.2 Å². The van der Waals surface area contributed by atoms with Crippen LogP contribution in [0.2, 0.25) is 0 Å². The quantitative estimate of drug-likeness (QED) is 0.526. The zero-order valence-electron chi connectivity index (χ0n) is 16.0. The number of rotatable bonds is 10. The van der Waals surface area contributed by atoms with Gasteiger partial charge in [-0.1, -0.05) is 6.07 Å². The van der Waals surface area contributed by atoms with Crippen LogP contribution in [0, 0.1) is 0 Å². The molecule has 0 spiro atoms. The molecule has 2 amide bonds. The second-order valence-corrected chi connectivity index (χ2v) is 5.76. The Morgan fingerprint density at radius 2 is 1.75 bits per heavy atom. The highest BCUT2D eigenvalue weighted by atomic mass is 35.5. The van der Waals surface area contributed by atoms with Gasteiger partial charge >= 0.3 is 0 Å². The van der Waals surface area contributed by atoms with Gasteiger partial charge in [0, 0.05) is 30.3 Å². The molecule has 0 saturated carbocycles. The maximum absolute atomic E-state index is 12.3. The monoisotopic (exact) mass is 407 g/mol. The molecule has 0 unspecified atom stereocenters. The second kappa shape index (κ2) is 12.6. The molecule has 2 aromatic carbocycles. The third-order valence-electron chi connectivity index (χ3n) is 3.74. The molecule has 0 saturated heterocycles.